The lowest BCUT2D eigenvalue weighted by Gasteiger charge is -2.31. The minimum Gasteiger partial charge on any atom is -0.393 e. The van der Waals surface area contributed by atoms with Crippen molar-refractivity contribution in [2.24, 2.45) is 5.92 Å². The van der Waals surface area contributed by atoms with Gasteiger partial charge < -0.3 is 10.4 Å². The lowest BCUT2D eigenvalue weighted by Crippen LogP contribution is -2.34. The van der Waals surface area contributed by atoms with Gasteiger partial charge in [0.05, 0.1) is 18.0 Å². The van der Waals surface area contributed by atoms with E-state index in [4.69, 9.17) is 16.7 Å². The van der Waals surface area contributed by atoms with Gasteiger partial charge in [-0.3, -0.25) is 4.79 Å². The van der Waals surface area contributed by atoms with Crippen LogP contribution in [-0.4, -0.2) is 33.7 Å². The number of hydrogen-bond donors (Lipinski definition) is 2. The average Bonchev–Trinajstić information content (AvgIpc) is 2.30. The van der Waals surface area contributed by atoms with Crippen LogP contribution in [0.4, 0.5) is 18.9 Å². The molecule has 9 heteroatoms. The second-order valence-electron chi connectivity index (χ2n) is 4.82. The van der Waals surface area contributed by atoms with E-state index in [1.165, 1.54) is 0 Å². The van der Waals surface area contributed by atoms with Crippen LogP contribution < -0.4 is 10.9 Å². The van der Waals surface area contributed by atoms with E-state index in [-0.39, 0.29) is 27.4 Å². The summed E-state index contributed by atoms with van der Waals surface area (Å²) >= 11 is 5.75. The van der Waals surface area contributed by atoms with E-state index in [0.717, 1.165) is 6.20 Å². The van der Waals surface area contributed by atoms with Gasteiger partial charge >= 0.3 is 6.18 Å². The fraction of sp³-hybridized carbons (Fsp3) is 0.636. The Hall–Kier alpha value is -1.28. The number of anilines is 1. The minimum atomic E-state index is -4.53. The predicted molar refractivity (Wildman–Crippen MR) is 66.8 cm³/mol. The van der Waals surface area contributed by atoms with Crippen molar-refractivity contribution < 1.29 is 18.3 Å². The molecule has 2 rings (SSSR count). The van der Waals surface area contributed by atoms with Crippen LogP contribution in [0, 0.1) is 5.92 Å². The third kappa shape index (κ3) is 3.63. The van der Waals surface area contributed by atoms with Crippen LogP contribution in [-0.2, 0) is 6.54 Å². The Labute approximate surface area is 117 Å². The maximum atomic E-state index is 12.2. The van der Waals surface area contributed by atoms with Crippen LogP contribution >= 0.6 is 11.6 Å². The molecule has 1 aliphatic rings. The average molecular weight is 312 g/mol. The number of rotatable bonds is 4. The summed E-state index contributed by atoms with van der Waals surface area (Å²) in [5.41, 5.74) is -0.779. The highest BCUT2D eigenvalue weighted by Crippen LogP contribution is 2.28. The summed E-state index contributed by atoms with van der Waals surface area (Å²) < 4.78 is 36.9. The number of aromatic nitrogens is 2. The van der Waals surface area contributed by atoms with Gasteiger partial charge in [0, 0.05) is 6.54 Å². The summed E-state index contributed by atoms with van der Waals surface area (Å²) in [5.74, 6) is 0.263. The summed E-state index contributed by atoms with van der Waals surface area (Å²) in [7, 11) is 0. The van der Waals surface area contributed by atoms with Gasteiger partial charge in [-0.15, -0.1) is 0 Å². The van der Waals surface area contributed by atoms with Crippen LogP contribution in [0.3, 0.4) is 0 Å². The van der Waals surface area contributed by atoms with Crippen molar-refractivity contribution in [1.82, 2.24) is 9.78 Å². The number of alkyl halides is 3. The predicted octanol–water partition coefficient (Wildman–Crippen LogP) is 1.64. The molecule has 5 nitrogen and oxygen atoms in total. The Morgan fingerprint density at radius 3 is 2.70 bits per heavy atom. The molecule has 1 aromatic rings. The lowest BCUT2D eigenvalue weighted by atomic mass is 9.82. The van der Waals surface area contributed by atoms with E-state index in [2.05, 4.69) is 10.4 Å². The molecule has 0 aliphatic heterocycles. The number of nitrogens with one attached hydrogen (secondary N) is 1. The molecule has 2 N–H and O–H groups in total. The molecule has 0 saturated heterocycles. The first-order valence-electron chi connectivity index (χ1n) is 6.00. The highest BCUT2D eigenvalue weighted by atomic mass is 35.5. The Balaban J connectivity index is 2.04. The van der Waals surface area contributed by atoms with Crippen molar-refractivity contribution in [1.29, 1.82) is 0 Å². The molecule has 20 heavy (non-hydrogen) atoms. The molecule has 0 spiro atoms. The standard InChI is InChI=1S/C11H13ClF3N3O2/c12-9-8(16-3-6-1-7(19)2-6)4-17-18(10(9)20)5-11(13,14)15/h4,6-7,16,19H,1-3,5H2. The maximum Gasteiger partial charge on any atom is 0.408 e. The number of aliphatic hydroxyl groups excluding tert-OH is 1. The van der Waals surface area contributed by atoms with Gasteiger partial charge in [-0.25, -0.2) is 4.68 Å². The molecule has 0 amide bonds. The molecule has 0 bridgehead atoms. The van der Waals surface area contributed by atoms with Crippen LogP contribution in [0.1, 0.15) is 12.8 Å². The normalized spacial score (nSPS) is 22.4. The van der Waals surface area contributed by atoms with Crippen molar-refractivity contribution in [3.8, 4) is 0 Å². The Bertz CT molecular complexity index is 541. The fourth-order valence-electron chi connectivity index (χ4n) is 1.99. The lowest BCUT2D eigenvalue weighted by molar-refractivity contribution is -0.143. The molecule has 1 aliphatic carbocycles. The molecule has 0 aromatic carbocycles. The zero-order valence-corrected chi connectivity index (χ0v) is 11.1. The summed E-state index contributed by atoms with van der Waals surface area (Å²) in [5, 5.41) is 15.1. The van der Waals surface area contributed by atoms with E-state index in [1.54, 1.807) is 0 Å². The van der Waals surface area contributed by atoms with Crippen LogP contribution in [0.15, 0.2) is 11.0 Å². The topological polar surface area (TPSA) is 67.2 Å². The second-order valence-corrected chi connectivity index (χ2v) is 5.20. The molecule has 112 valence electrons. The van der Waals surface area contributed by atoms with Crippen molar-refractivity contribution >= 4 is 17.3 Å². The number of hydrogen-bond acceptors (Lipinski definition) is 4. The maximum absolute atomic E-state index is 12.2. The molecule has 1 heterocycles. The van der Waals surface area contributed by atoms with E-state index < -0.39 is 18.3 Å². The van der Waals surface area contributed by atoms with Gasteiger partial charge in [0.15, 0.2) is 0 Å². The van der Waals surface area contributed by atoms with Gasteiger partial charge in [0.2, 0.25) is 0 Å². The summed E-state index contributed by atoms with van der Waals surface area (Å²) in [6.45, 7) is -0.984. The number of nitrogens with zero attached hydrogens (tertiary/aromatic N) is 2. The third-order valence-electron chi connectivity index (χ3n) is 3.11. The van der Waals surface area contributed by atoms with E-state index >= 15 is 0 Å². The Morgan fingerprint density at radius 1 is 1.50 bits per heavy atom. The zero-order chi connectivity index (χ0) is 14.9. The SMILES string of the molecule is O=c1c(Cl)c(NCC2CC(O)C2)cnn1CC(F)(F)F. The molecule has 1 fully saturated rings. The number of aliphatic hydroxyl groups is 1. The quantitative estimate of drug-likeness (QED) is 0.887. The molecule has 0 atom stereocenters. The van der Waals surface area contributed by atoms with Crippen molar-refractivity contribution in [3.05, 3.63) is 21.6 Å². The molecule has 0 radical (unpaired) electrons. The fourth-order valence-corrected chi connectivity index (χ4v) is 2.21. The van der Waals surface area contributed by atoms with Crippen LogP contribution in [0.25, 0.3) is 0 Å². The monoisotopic (exact) mass is 311 g/mol. The van der Waals surface area contributed by atoms with Gasteiger partial charge in [-0.05, 0) is 18.8 Å². The first kappa shape index (κ1) is 15.1. The van der Waals surface area contributed by atoms with Crippen molar-refractivity contribution in [3.63, 3.8) is 0 Å². The molecule has 1 aromatic heterocycles. The van der Waals surface area contributed by atoms with Crippen molar-refractivity contribution in [2.75, 3.05) is 11.9 Å². The Kier molecular flexibility index (Phi) is 4.24. The Morgan fingerprint density at radius 2 is 2.15 bits per heavy atom. The largest absolute Gasteiger partial charge is 0.408 e. The third-order valence-corrected chi connectivity index (χ3v) is 3.47. The van der Waals surface area contributed by atoms with Gasteiger partial charge in [-0.1, -0.05) is 11.6 Å². The second kappa shape index (κ2) is 5.61. The van der Waals surface area contributed by atoms with Crippen LogP contribution in [0.5, 0.6) is 0 Å². The molecule has 1 saturated carbocycles. The van der Waals surface area contributed by atoms with Crippen LogP contribution in [0.2, 0.25) is 5.02 Å². The minimum absolute atomic E-state index is 0.205. The molecular weight excluding hydrogens is 299 g/mol. The van der Waals surface area contributed by atoms with Gasteiger partial charge in [0.1, 0.15) is 11.6 Å². The smallest absolute Gasteiger partial charge is 0.393 e. The molecular formula is C11H13ClF3N3O2. The summed E-state index contributed by atoms with van der Waals surface area (Å²) in [6, 6.07) is 0. The van der Waals surface area contributed by atoms with Gasteiger partial charge in [-0.2, -0.15) is 18.3 Å². The van der Waals surface area contributed by atoms with E-state index in [9.17, 15) is 18.0 Å². The van der Waals surface area contributed by atoms with Gasteiger partial charge in [0.25, 0.3) is 5.56 Å². The number of halogens is 4. The van der Waals surface area contributed by atoms with E-state index in [1.807, 2.05) is 0 Å². The highest BCUT2D eigenvalue weighted by molar-refractivity contribution is 6.32. The summed E-state index contributed by atoms with van der Waals surface area (Å²) in [6.07, 6.45) is -2.41. The zero-order valence-electron chi connectivity index (χ0n) is 10.3. The first-order chi connectivity index (χ1) is 9.26. The first-order valence-corrected chi connectivity index (χ1v) is 6.38. The van der Waals surface area contributed by atoms with Crippen molar-refractivity contribution in [2.45, 2.75) is 31.7 Å². The highest BCUT2D eigenvalue weighted by Gasteiger charge is 2.30. The summed E-state index contributed by atoms with van der Waals surface area (Å²) in [4.78, 5) is 11.6. The molecule has 0 unspecified atom stereocenters. The van der Waals surface area contributed by atoms with E-state index in [0.29, 0.717) is 19.4 Å².